The second-order valence-electron chi connectivity index (χ2n) is 5.25. The molecular weight excluding hydrogens is 352 g/mol. The average Bonchev–Trinajstić information content (AvgIpc) is 3.11. The lowest BCUT2D eigenvalue weighted by Crippen LogP contribution is -2.11. The van der Waals surface area contributed by atoms with Gasteiger partial charge in [0.05, 0.1) is 0 Å². The molecule has 0 fully saturated rings. The Kier molecular flexibility index (Phi) is 4.65. The van der Waals surface area contributed by atoms with Gasteiger partial charge in [-0.25, -0.2) is 9.37 Å². The van der Waals surface area contributed by atoms with Crippen LogP contribution in [0.2, 0.25) is 0 Å². The van der Waals surface area contributed by atoms with Crippen LogP contribution >= 0.6 is 0 Å². The number of pyridine rings is 1. The number of rotatable bonds is 5. The first-order chi connectivity index (χ1) is 12.4. The standard InChI is InChI=1S/C16H12F4N6/c17-11-4-2-1-3-9(11)7-23-12-5-6-22-8-10(12)13(21)14-24-15(26-25-14)16(18,19)20/h1-6,8,21H,7H2,(H,22,23)(H,24,25,26). The van der Waals surface area contributed by atoms with Gasteiger partial charge in [-0.2, -0.15) is 18.3 Å². The molecule has 0 aliphatic heterocycles. The van der Waals surface area contributed by atoms with E-state index < -0.39 is 23.6 Å². The van der Waals surface area contributed by atoms with Crippen molar-refractivity contribution in [3.8, 4) is 0 Å². The van der Waals surface area contributed by atoms with Crippen LogP contribution in [-0.4, -0.2) is 25.9 Å². The van der Waals surface area contributed by atoms with Crippen molar-refractivity contribution in [1.82, 2.24) is 20.2 Å². The molecule has 0 saturated carbocycles. The number of anilines is 1. The van der Waals surface area contributed by atoms with Crippen LogP contribution in [0, 0.1) is 11.2 Å². The number of alkyl halides is 3. The highest BCUT2D eigenvalue weighted by Crippen LogP contribution is 2.26. The molecule has 0 spiro atoms. The van der Waals surface area contributed by atoms with Crippen molar-refractivity contribution < 1.29 is 17.6 Å². The summed E-state index contributed by atoms with van der Waals surface area (Å²) in [5.41, 5.74) is 0.642. The SMILES string of the molecule is N=C(c1n[nH]c(C(F)(F)F)n1)c1cnccc1NCc1ccccc1F. The van der Waals surface area contributed by atoms with Gasteiger partial charge in [-0.05, 0) is 12.1 Å². The normalized spacial score (nSPS) is 11.4. The lowest BCUT2D eigenvalue weighted by Gasteiger charge is -2.11. The van der Waals surface area contributed by atoms with Gasteiger partial charge in [0.1, 0.15) is 11.5 Å². The number of nitrogens with zero attached hydrogens (tertiary/aromatic N) is 3. The highest BCUT2D eigenvalue weighted by atomic mass is 19.4. The molecule has 134 valence electrons. The van der Waals surface area contributed by atoms with E-state index in [0.29, 0.717) is 11.3 Å². The molecular formula is C16H12F4N6. The van der Waals surface area contributed by atoms with Crippen LogP contribution in [0.4, 0.5) is 23.2 Å². The number of nitrogens with one attached hydrogen (secondary N) is 3. The van der Waals surface area contributed by atoms with Crippen LogP contribution in [0.25, 0.3) is 0 Å². The molecule has 0 amide bonds. The summed E-state index contributed by atoms with van der Waals surface area (Å²) in [4.78, 5) is 7.18. The van der Waals surface area contributed by atoms with E-state index in [-0.39, 0.29) is 17.8 Å². The number of benzene rings is 1. The summed E-state index contributed by atoms with van der Waals surface area (Å²) in [6.45, 7) is 0.124. The summed E-state index contributed by atoms with van der Waals surface area (Å²) in [5, 5.41) is 16.2. The van der Waals surface area contributed by atoms with E-state index in [9.17, 15) is 17.6 Å². The van der Waals surface area contributed by atoms with Crippen LogP contribution in [0.3, 0.4) is 0 Å². The number of halogens is 4. The zero-order valence-corrected chi connectivity index (χ0v) is 13.1. The monoisotopic (exact) mass is 364 g/mol. The van der Waals surface area contributed by atoms with Gasteiger partial charge in [0, 0.05) is 35.8 Å². The maximum Gasteiger partial charge on any atom is 0.451 e. The van der Waals surface area contributed by atoms with Gasteiger partial charge in [0.25, 0.3) is 0 Å². The summed E-state index contributed by atoms with van der Waals surface area (Å²) < 4.78 is 51.6. The first-order valence-electron chi connectivity index (χ1n) is 7.36. The molecule has 0 radical (unpaired) electrons. The Hall–Kier alpha value is -3.30. The topological polar surface area (TPSA) is 90.3 Å². The van der Waals surface area contributed by atoms with E-state index in [2.05, 4.69) is 20.4 Å². The Bertz CT molecular complexity index is 934. The lowest BCUT2D eigenvalue weighted by atomic mass is 10.1. The third-order valence-electron chi connectivity index (χ3n) is 3.50. The zero-order chi connectivity index (χ0) is 18.7. The molecule has 3 rings (SSSR count). The van der Waals surface area contributed by atoms with Gasteiger partial charge in [-0.1, -0.05) is 18.2 Å². The molecule has 26 heavy (non-hydrogen) atoms. The predicted octanol–water partition coefficient (Wildman–Crippen LogP) is 3.39. The summed E-state index contributed by atoms with van der Waals surface area (Å²) >= 11 is 0. The van der Waals surface area contributed by atoms with E-state index in [0.717, 1.165) is 0 Å². The largest absolute Gasteiger partial charge is 0.451 e. The number of H-pyrrole nitrogens is 1. The van der Waals surface area contributed by atoms with Gasteiger partial charge in [-0.15, -0.1) is 0 Å². The van der Waals surface area contributed by atoms with Crippen molar-refractivity contribution in [3.05, 3.63) is 71.3 Å². The van der Waals surface area contributed by atoms with Gasteiger partial charge in [0.2, 0.25) is 5.82 Å². The summed E-state index contributed by atoms with van der Waals surface area (Å²) in [7, 11) is 0. The molecule has 3 N–H and O–H groups in total. The molecule has 2 aromatic heterocycles. The number of aromatic nitrogens is 4. The maximum absolute atomic E-state index is 13.7. The molecule has 3 aromatic rings. The minimum absolute atomic E-state index is 0.124. The number of hydrogen-bond donors (Lipinski definition) is 3. The van der Waals surface area contributed by atoms with E-state index in [4.69, 9.17) is 5.41 Å². The summed E-state index contributed by atoms with van der Waals surface area (Å²) in [5.74, 6) is -2.10. The van der Waals surface area contributed by atoms with Crippen LogP contribution in [0.5, 0.6) is 0 Å². The fourth-order valence-corrected chi connectivity index (χ4v) is 2.20. The van der Waals surface area contributed by atoms with Crippen molar-refractivity contribution in [1.29, 1.82) is 5.41 Å². The fraction of sp³-hybridized carbons (Fsp3) is 0.125. The summed E-state index contributed by atoms with van der Waals surface area (Å²) in [6, 6.07) is 7.69. The predicted molar refractivity (Wildman–Crippen MR) is 85.3 cm³/mol. The van der Waals surface area contributed by atoms with Crippen LogP contribution in [-0.2, 0) is 12.7 Å². The average molecular weight is 364 g/mol. The molecule has 0 aliphatic carbocycles. The Balaban J connectivity index is 1.84. The molecule has 0 atom stereocenters. The third kappa shape index (κ3) is 3.68. The van der Waals surface area contributed by atoms with Crippen molar-refractivity contribution in [2.24, 2.45) is 0 Å². The highest BCUT2D eigenvalue weighted by Gasteiger charge is 2.35. The van der Waals surface area contributed by atoms with E-state index in [1.165, 1.54) is 24.5 Å². The summed E-state index contributed by atoms with van der Waals surface area (Å²) in [6.07, 6.45) is -1.94. The smallest absolute Gasteiger partial charge is 0.380 e. The lowest BCUT2D eigenvalue weighted by molar-refractivity contribution is -0.144. The highest BCUT2D eigenvalue weighted by molar-refractivity contribution is 6.11. The minimum atomic E-state index is -4.69. The van der Waals surface area contributed by atoms with Crippen LogP contribution in [0.1, 0.15) is 22.8 Å². The number of hydrogen-bond acceptors (Lipinski definition) is 5. The molecule has 2 heterocycles. The molecule has 1 aromatic carbocycles. The Morgan fingerprint density at radius 1 is 1.19 bits per heavy atom. The maximum atomic E-state index is 13.7. The Morgan fingerprint density at radius 3 is 2.65 bits per heavy atom. The third-order valence-corrected chi connectivity index (χ3v) is 3.50. The van der Waals surface area contributed by atoms with Gasteiger partial charge in [-0.3, -0.25) is 15.5 Å². The van der Waals surface area contributed by atoms with Gasteiger partial charge >= 0.3 is 6.18 Å². The van der Waals surface area contributed by atoms with Crippen molar-refractivity contribution in [2.75, 3.05) is 5.32 Å². The number of aromatic amines is 1. The molecule has 6 nitrogen and oxygen atoms in total. The van der Waals surface area contributed by atoms with Crippen LogP contribution in [0.15, 0.2) is 42.7 Å². The van der Waals surface area contributed by atoms with Crippen LogP contribution < -0.4 is 5.32 Å². The van der Waals surface area contributed by atoms with E-state index >= 15 is 0 Å². The van der Waals surface area contributed by atoms with Gasteiger partial charge in [0.15, 0.2) is 5.82 Å². The van der Waals surface area contributed by atoms with E-state index in [1.54, 1.807) is 23.3 Å². The molecule has 10 heteroatoms. The first-order valence-corrected chi connectivity index (χ1v) is 7.36. The quantitative estimate of drug-likeness (QED) is 0.478. The van der Waals surface area contributed by atoms with Crippen molar-refractivity contribution >= 4 is 11.4 Å². The minimum Gasteiger partial charge on any atom is -0.380 e. The molecule has 0 saturated heterocycles. The Morgan fingerprint density at radius 2 is 1.96 bits per heavy atom. The van der Waals surface area contributed by atoms with Gasteiger partial charge < -0.3 is 5.32 Å². The second kappa shape index (κ2) is 6.90. The first kappa shape index (κ1) is 17.5. The van der Waals surface area contributed by atoms with Crippen molar-refractivity contribution in [2.45, 2.75) is 12.7 Å². The van der Waals surface area contributed by atoms with E-state index in [1.807, 2.05) is 0 Å². The second-order valence-corrected chi connectivity index (χ2v) is 5.25. The zero-order valence-electron chi connectivity index (χ0n) is 13.1. The fourth-order valence-electron chi connectivity index (χ4n) is 2.20. The molecule has 0 bridgehead atoms. The molecule has 0 unspecified atom stereocenters. The molecule has 0 aliphatic rings. The Labute approximate surface area is 144 Å². The van der Waals surface area contributed by atoms with Crippen molar-refractivity contribution in [3.63, 3.8) is 0 Å².